The molecule has 0 radical (unpaired) electrons. The third-order valence-electron chi connectivity index (χ3n) is 8.46. The van der Waals surface area contributed by atoms with Crippen LogP contribution in [0, 0.1) is 19.7 Å². The van der Waals surface area contributed by atoms with E-state index in [4.69, 9.17) is 18.8 Å². The number of halogens is 1. The van der Waals surface area contributed by atoms with Crippen molar-refractivity contribution in [3.63, 3.8) is 0 Å². The highest BCUT2D eigenvalue weighted by molar-refractivity contribution is 6.62. The van der Waals surface area contributed by atoms with Gasteiger partial charge in [0.25, 0.3) is 0 Å². The van der Waals surface area contributed by atoms with Gasteiger partial charge in [-0.05, 0) is 84.0 Å². The minimum absolute atomic E-state index is 0.151. The molecule has 3 heterocycles. The topological polar surface area (TPSA) is 40.2 Å². The minimum Gasteiger partial charge on any atom is -0.489 e. The third kappa shape index (κ3) is 5.08. The number of rotatable bonds is 5. The van der Waals surface area contributed by atoms with Gasteiger partial charge in [-0.1, -0.05) is 29.8 Å². The Morgan fingerprint density at radius 2 is 1.72 bits per heavy atom. The van der Waals surface area contributed by atoms with Gasteiger partial charge in [-0.15, -0.1) is 0 Å². The maximum Gasteiger partial charge on any atom is 0.494 e. The lowest BCUT2D eigenvalue weighted by Crippen LogP contribution is -2.41. The van der Waals surface area contributed by atoms with Crippen molar-refractivity contribution >= 4 is 12.6 Å². The first-order valence-electron chi connectivity index (χ1n) is 13.3. The molecule has 2 aromatic carbocycles. The summed E-state index contributed by atoms with van der Waals surface area (Å²) in [6.07, 6.45) is 2.84. The molecule has 3 saturated heterocycles. The number of ether oxygens (including phenoxy) is 2. The van der Waals surface area contributed by atoms with Crippen LogP contribution in [0.15, 0.2) is 36.4 Å². The molecule has 3 aliphatic rings. The van der Waals surface area contributed by atoms with Gasteiger partial charge in [0.1, 0.15) is 17.7 Å². The predicted molar refractivity (Wildman–Crippen MR) is 140 cm³/mol. The molecule has 0 unspecified atom stereocenters. The van der Waals surface area contributed by atoms with Gasteiger partial charge in [-0.25, -0.2) is 4.39 Å². The van der Waals surface area contributed by atoms with Crippen molar-refractivity contribution in [2.75, 3.05) is 19.7 Å². The molecule has 0 N–H and O–H groups in total. The lowest BCUT2D eigenvalue weighted by atomic mass is 9.78. The van der Waals surface area contributed by atoms with Crippen molar-refractivity contribution in [3.05, 3.63) is 58.9 Å². The molecule has 0 amide bonds. The van der Waals surface area contributed by atoms with E-state index in [2.05, 4.69) is 51.7 Å². The van der Waals surface area contributed by atoms with Crippen LogP contribution in [0.5, 0.6) is 5.75 Å². The van der Waals surface area contributed by atoms with Crippen LogP contribution in [0.2, 0.25) is 0 Å². The van der Waals surface area contributed by atoms with E-state index in [1.54, 1.807) is 6.07 Å². The van der Waals surface area contributed by atoms with Crippen molar-refractivity contribution in [3.8, 4) is 5.75 Å². The number of aryl methyl sites for hydroxylation is 2. The monoisotopic (exact) mass is 495 g/mol. The highest BCUT2D eigenvalue weighted by Gasteiger charge is 2.51. The van der Waals surface area contributed by atoms with Gasteiger partial charge in [0.2, 0.25) is 0 Å². The summed E-state index contributed by atoms with van der Waals surface area (Å²) in [4.78, 5) is 2.47. The Morgan fingerprint density at radius 1 is 0.972 bits per heavy atom. The fourth-order valence-electron chi connectivity index (χ4n) is 5.47. The number of hydrogen-bond donors (Lipinski definition) is 0. The molecule has 2 aromatic rings. The molecule has 3 aliphatic heterocycles. The van der Waals surface area contributed by atoms with Gasteiger partial charge in [0.15, 0.2) is 0 Å². The molecule has 3 fully saturated rings. The van der Waals surface area contributed by atoms with Crippen LogP contribution in [0.4, 0.5) is 4.39 Å². The first kappa shape index (κ1) is 25.7. The molecule has 5 rings (SSSR count). The summed E-state index contributed by atoms with van der Waals surface area (Å²) in [7, 11) is -0.367. The van der Waals surface area contributed by atoms with Crippen LogP contribution < -0.4 is 10.2 Å². The van der Waals surface area contributed by atoms with E-state index in [-0.39, 0.29) is 36.3 Å². The molecule has 5 nitrogen and oxygen atoms in total. The second kappa shape index (κ2) is 9.75. The van der Waals surface area contributed by atoms with Crippen molar-refractivity contribution < 1.29 is 23.2 Å². The summed E-state index contributed by atoms with van der Waals surface area (Å²) in [6, 6.07) is 11.8. The summed E-state index contributed by atoms with van der Waals surface area (Å²) < 4.78 is 39.3. The molecule has 0 aromatic heterocycles. The Kier molecular flexibility index (Phi) is 6.96. The quantitative estimate of drug-likeness (QED) is 0.539. The summed E-state index contributed by atoms with van der Waals surface area (Å²) in [5.74, 6) is 0.746. The Morgan fingerprint density at radius 3 is 2.39 bits per heavy atom. The van der Waals surface area contributed by atoms with E-state index in [0.29, 0.717) is 18.2 Å². The van der Waals surface area contributed by atoms with E-state index < -0.39 is 0 Å². The standard InChI is InChI=1S/C29H39BFNO4/c1-19-7-10-25(31)24(15-19)27-12-9-22(18-33-27)32-14-13-23(17-32)34-26-11-8-21(16-20(26)2)30-35-28(3,4)29(5,6)36-30/h7-8,10-11,15-16,22-23,27H,9,12-14,17-18H2,1-6H3/t22-,23+,27-/m0/s1. The Labute approximate surface area is 215 Å². The van der Waals surface area contributed by atoms with E-state index in [1.165, 1.54) is 0 Å². The van der Waals surface area contributed by atoms with Crippen LogP contribution in [-0.4, -0.2) is 55.1 Å². The van der Waals surface area contributed by atoms with E-state index >= 15 is 0 Å². The van der Waals surface area contributed by atoms with Crippen molar-refractivity contribution in [1.82, 2.24) is 4.90 Å². The molecule has 0 aliphatic carbocycles. The summed E-state index contributed by atoms with van der Waals surface area (Å²) in [5, 5.41) is 0. The fraction of sp³-hybridized carbons (Fsp3) is 0.586. The molecular formula is C29H39BFNO4. The van der Waals surface area contributed by atoms with Crippen LogP contribution in [-0.2, 0) is 14.0 Å². The molecule has 7 heteroatoms. The van der Waals surface area contributed by atoms with E-state index in [1.807, 2.05) is 25.1 Å². The second-order valence-electron chi connectivity index (χ2n) is 11.7. The van der Waals surface area contributed by atoms with Crippen molar-refractivity contribution in [2.45, 2.75) is 90.3 Å². The van der Waals surface area contributed by atoms with E-state index in [0.717, 1.165) is 54.7 Å². The highest BCUT2D eigenvalue weighted by Crippen LogP contribution is 2.37. The van der Waals surface area contributed by atoms with Crippen LogP contribution >= 0.6 is 0 Å². The van der Waals surface area contributed by atoms with Crippen molar-refractivity contribution in [1.29, 1.82) is 0 Å². The lowest BCUT2D eigenvalue weighted by Gasteiger charge is -2.35. The summed E-state index contributed by atoms with van der Waals surface area (Å²) in [5.41, 5.74) is 3.15. The van der Waals surface area contributed by atoms with Gasteiger partial charge in [-0.3, -0.25) is 4.90 Å². The van der Waals surface area contributed by atoms with Gasteiger partial charge in [0.05, 0.1) is 23.9 Å². The number of hydrogen-bond acceptors (Lipinski definition) is 5. The van der Waals surface area contributed by atoms with Gasteiger partial charge >= 0.3 is 7.12 Å². The first-order valence-corrected chi connectivity index (χ1v) is 13.3. The average molecular weight is 495 g/mol. The predicted octanol–water partition coefficient (Wildman–Crippen LogP) is 5.12. The smallest absolute Gasteiger partial charge is 0.489 e. The molecule has 0 spiro atoms. The maximum atomic E-state index is 14.3. The normalized spacial score (nSPS) is 28.0. The van der Waals surface area contributed by atoms with Crippen LogP contribution in [0.3, 0.4) is 0 Å². The van der Waals surface area contributed by atoms with Gasteiger partial charge in [-0.2, -0.15) is 0 Å². The summed E-state index contributed by atoms with van der Waals surface area (Å²) in [6.45, 7) is 14.9. The SMILES string of the molecule is Cc1ccc(F)c([C@@H]2CC[C@H](N3CC[C@@H](Oc4ccc(B5OC(C)(C)C(C)(C)O5)cc4C)C3)CO2)c1. The zero-order chi connectivity index (χ0) is 25.7. The largest absolute Gasteiger partial charge is 0.494 e. The summed E-state index contributed by atoms with van der Waals surface area (Å²) >= 11 is 0. The Hall–Kier alpha value is -1.93. The fourth-order valence-corrected chi connectivity index (χ4v) is 5.47. The molecule has 0 bridgehead atoms. The molecular weight excluding hydrogens is 456 g/mol. The minimum atomic E-state index is -0.367. The van der Waals surface area contributed by atoms with E-state index in [9.17, 15) is 4.39 Å². The Balaban J connectivity index is 1.15. The third-order valence-corrected chi connectivity index (χ3v) is 8.46. The van der Waals surface area contributed by atoms with Gasteiger partial charge < -0.3 is 18.8 Å². The zero-order valence-corrected chi connectivity index (χ0v) is 22.5. The lowest BCUT2D eigenvalue weighted by molar-refractivity contribution is -0.0360. The average Bonchev–Trinajstić information content (AvgIpc) is 3.38. The zero-order valence-electron chi connectivity index (χ0n) is 22.5. The molecule has 194 valence electrons. The van der Waals surface area contributed by atoms with Crippen LogP contribution in [0.1, 0.15) is 69.8 Å². The van der Waals surface area contributed by atoms with Gasteiger partial charge in [0, 0.05) is 24.7 Å². The maximum absolute atomic E-state index is 14.3. The second-order valence-corrected chi connectivity index (χ2v) is 11.7. The first-order chi connectivity index (χ1) is 17.0. The molecule has 0 saturated carbocycles. The van der Waals surface area contributed by atoms with Crippen LogP contribution in [0.25, 0.3) is 0 Å². The van der Waals surface area contributed by atoms with Crippen molar-refractivity contribution in [2.24, 2.45) is 0 Å². The number of likely N-dealkylation sites (tertiary alicyclic amines) is 1. The molecule has 3 atom stereocenters. The highest BCUT2D eigenvalue weighted by atomic mass is 19.1. The Bertz CT molecular complexity index is 1080. The number of benzene rings is 2. The molecule has 36 heavy (non-hydrogen) atoms. The number of nitrogens with zero attached hydrogens (tertiary/aromatic N) is 1.